The standard InChI is InChI=1S/C16H20N6O.C4H10OS.C2H6/c1-10-9-23-7-6-22(10)14-8-13(19)11-3-5-20-16(15(11)21-14)12(18)2-4-17;1-5-3-4-6-2;1-2/h2-5,8,10,17H,6-7,9,18H2,1H3,(H2,19,21);3-4H2,1-2H3;1-2H3/b12-2-,17-4?;;/t10-;;/m1../s1. The molecule has 3 heterocycles. The molecule has 1 fully saturated rings. The Kier molecular flexibility index (Phi) is 12.6. The number of ether oxygens (including phenoxy) is 2. The summed E-state index contributed by atoms with van der Waals surface area (Å²) >= 11 is 1.80. The Morgan fingerprint density at radius 3 is 2.77 bits per heavy atom. The predicted octanol–water partition coefficient (Wildman–Crippen LogP) is 3.41. The molecule has 0 aromatic carbocycles. The highest BCUT2D eigenvalue weighted by atomic mass is 32.2. The van der Waals surface area contributed by atoms with Crippen molar-refractivity contribution in [1.29, 1.82) is 5.41 Å². The summed E-state index contributed by atoms with van der Waals surface area (Å²) in [5.41, 5.74) is 14.5. The van der Waals surface area contributed by atoms with Crippen LogP contribution >= 0.6 is 11.8 Å². The van der Waals surface area contributed by atoms with E-state index in [0.29, 0.717) is 35.8 Å². The minimum atomic E-state index is 0.225. The number of nitrogens with one attached hydrogen (secondary N) is 1. The van der Waals surface area contributed by atoms with Gasteiger partial charge in [0.2, 0.25) is 0 Å². The number of methoxy groups -OCH3 is 1. The monoisotopic (exact) mass is 448 g/mol. The zero-order valence-corrected chi connectivity index (χ0v) is 20.0. The summed E-state index contributed by atoms with van der Waals surface area (Å²) in [6.45, 7) is 9.06. The highest BCUT2D eigenvalue weighted by Crippen LogP contribution is 2.29. The first-order valence-corrected chi connectivity index (χ1v) is 11.8. The summed E-state index contributed by atoms with van der Waals surface area (Å²) in [7, 11) is 1.72. The molecule has 0 radical (unpaired) electrons. The van der Waals surface area contributed by atoms with Crippen LogP contribution in [0.3, 0.4) is 0 Å². The number of allylic oxidation sites excluding steroid dienone is 1. The van der Waals surface area contributed by atoms with Crippen molar-refractivity contribution < 1.29 is 9.47 Å². The lowest BCUT2D eigenvalue weighted by molar-refractivity contribution is 0.0986. The van der Waals surface area contributed by atoms with Crippen molar-refractivity contribution in [2.45, 2.75) is 26.8 Å². The maximum atomic E-state index is 7.19. The van der Waals surface area contributed by atoms with E-state index in [0.717, 1.165) is 36.3 Å². The zero-order valence-electron chi connectivity index (χ0n) is 19.2. The maximum absolute atomic E-state index is 7.19. The number of nitrogens with zero attached hydrogens (tertiary/aromatic N) is 3. The Bertz CT molecular complexity index is 842. The number of nitrogen functional groups attached to an aromatic ring is 1. The number of rotatable bonds is 6. The molecule has 172 valence electrons. The van der Waals surface area contributed by atoms with Gasteiger partial charge in [-0.25, -0.2) is 4.98 Å². The Morgan fingerprint density at radius 1 is 1.45 bits per heavy atom. The number of thioether (sulfide) groups is 1. The van der Waals surface area contributed by atoms with Crippen LogP contribution in [0, 0.1) is 5.41 Å². The van der Waals surface area contributed by atoms with Crippen molar-refractivity contribution in [3.63, 3.8) is 0 Å². The average molecular weight is 449 g/mol. The molecule has 0 bridgehead atoms. The van der Waals surface area contributed by atoms with E-state index in [-0.39, 0.29) is 6.04 Å². The molecule has 0 saturated carbocycles. The molecule has 9 heteroatoms. The lowest BCUT2D eigenvalue weighted by atomic mass is 10.1. The van der Waals surface area contributed by atoms with Crippen LogP contribution in [0.1, 0.15) is 26.5 Å². The number of nitrogens with two attached hydrogens (primary N) is 2. The van der Waals surface area contributed by atoms with Crippen LogP contribution in [0.4, 0.5) is 11.5 Å². The molecule has 1 aliphatic heterocycles. The first kappa shape index (κ1) is 26.7. The highest BCUT2D eigenvalue weighted by molar-refractivity contribution is 7.98. The molecule has 1 saturated heterocycles. The summed E-state index contributed by atoms with van der Waals surface area (Å²) in [5.74, 6) is 1.90. The third kappa shape index (κ3) is 7.68. The molecule has 1 atom stereocenters. The van der Waals surface area contributed by atoms with Gasteiger partial charge in [-0.1, -0.05) is 13.8 Å². The van der Waals surface area contributed by atoms with E-state index in [9.17, 15) is 0 Å². The first-order valence-electron chi connectivity index (χ1n) is 10.4. The topological polar surface area (TPSA) is 123 Å². The number of aromatic nitrogens is 2. The molecule has 0 aliphatic carbocycles. The number of morpholine rings is 1. The van der Waals surface area contributed by atoms with Gasteiger partial charge in [0.05, 0.1) is 31.6 Å². The van der Waals surface area contributed by atoms with Gasteiger partial charge in [-0.15, -0.1) is 0 Å². The van der Waals surface area contributed by atoms with Crippen LogP contribution in [0.5, 0.6) is 0 Å². The van der Waals surface area contributed by atoms with Crippen LogP contribution in [-0.4, -0.2) is 67.7 Å². The molecule has 2 aromatic rings. The van der Waals surface area contributed by atoms with Crippen molar-refractivity contribution in [3.05, 3.63) is 30.1 Å². The van der Waals surface area contributed by atoms with Crippen molar-refractivity contribution in [2.75, 3.05) is 56.1 Å². The van der Waals surface area contributed by atoms with E-state index in [2.05, 4.69) is 23.1 Å². The van der Waals surface area contributed by atoms with Crippen LogP contribution in [0.15, 0.2) is 24.4 Å². The summed E-state index contributed by atoms with van der Waals surface area (Å²) in [4.78, 5) is 11.2. The Labute approximate surface area is 189 Å². The van der Waals surface area contributed by atoms with Gasteiger partial charge in [-0.05, 0) is 25.3 Å². The fraction of sp³-hybridized carbons (Fsp3) is 0.500. The second-order valence-corrected chi connectivity index (χ2v) is 7.50. The minimum absolute atomic E-state index is 0.225. The molecular formula is C22H36N6O2S. The molecule has 31 heavy (non-hydrogen) atoms. The van der Waals surface area contributed by atoms with E-state index >= 15 is 0 Å². The molecule has 0 amide bonds. The lowest BCUT2D eigenvalue weighted by Crippen LogP contribution is -2.44. The normalized spacial score (nSPS) is 16.1. The first-order chi connectivity index (χ1) is 15.0. The van der Waals surface area contributed by atoms with E-state index in [1.807, 2.05) is 26.0 Å². The number of hydrogen-bond acceptors (Lipinski definition) is 9. The summed E-state index contributed by atoms with van der Waals surface area (Å²) in [6, 6.07) is 3.93. The van der Waals surface area contributed by atoms with E-state index in [4.69, 9.17) is 31.3 Å². The third-order valence-electron chi connectivity index (χ3n) is 4.44. The number of hydrogen-bond donors (Lipinski definition) is 3. The minimum Gasteiger partial charge on any atom is -0.398 e. The van der Waals surface area contributed by atoms with Gasteiger partial charge in [0.1, 0.15) is 17.0 Å². The van der Waals surface area contributed by atoms with Crippen LogP contribution in [-0.2, 0) is 9.47 Å². The smallest absolute Gasteiger partial charge is 0.131 e. The molecule has 8 nitrogen and oxygen atoms in total. The highest BCUT2D eigenvalue weighted by Gasteiger charge is 2.22. The van der Waals surface area contributed by atoms with Gasteiger partial charge < -0.3 is 31.3 Å². The summed E-state index contributed by atoms with van der Waals surface area (Å²) in [6.07, 6.45) is 6.34. The molecule has 5 N–H and O–H groups in total. The molecule has 3 rings (SSSR count). The van der Waals surface area contributed by atoms with Crippen LogP contribution in [0.25, 0.3) is 16.6 Å². The fourth-order valence-electron chi connectivity index (χ4n) is 2.93. The summed E-state index contributed by atoms with van der Waals surface area (Å²) in [5, 5.41) is 7.99. The maximum Gasteiger partial charge on any atom is 0.131 e. The van der Waals surface area contributed by atoms with Crippen molar-refractivity contribution >= 4 is 46.1 Å². The van der Waals surface area contributed by atoms with E-state index in [1.54, 1.807) is 25.1 Å². The van der Waals surface area contributed by atoms with Gasteiger partial charge in [-0.3, -0.25) is 4.98 Å². The Morgan fingerprint density at radius 2 is 2.19 bits per heavy atom. The van der Waals surface area contributed by atoms with Crippen molar-refractivity contribution in [1.82, 2.24) is 9.97 Å². The molecule has 2 aromatic heterocycles. The fourth-order valence-corrected chi connectivity index (χ4v) is 3.26. The Balaban J connectivity index is 0.000000521. The lowest BCUT2D eigenvalue weighted by Gasteiger charge is -2.34. The molecule has 0 unspecified atom stereocenters. The van der Waals surface area contributed by atoms with Gasteiger partial charge in [-0.2, -0.15) is 11.8 Å². The molecular weight excluding hydrogens is 412 g/mol. The van der Waals surface area contributed by atoms with Crippen molar-refractivity contribution in [3.8, 4) is 0 Å². The predicted molar refractivity (Wildman–Crippen MR) is 134 cm³/mol. The number of pyridine rings is 2. The zero-order chi connectivity index (χ0) is 23.2. The van der Waals surface area contributed by atoms with Crippen LogP contribution in [0.2, 0.25) is 0 Å². The number of anilines is 2. The SMILES string of the molecule is CC.COCCSC.C[C@@H]1COCCN1c1cc(N)c2ccnc(/C(N)=C/C=N)c2n1. The van der Waals surface area contributed by atoms with Crippen LogP contribution < -0.4 is 16.4 Å². The second kappa shape index (κ2) is 14.6. The van der Waals surface area contributed by atoms with Gasteiger partial charge in [0.15, 0.2) is 0 Å². The number of fused-ring (bicyclic) bond motifs is 1. The molecule has 1 aliphatic rings. The van der Waals surface area contributed by atoms with E-state index < -0.39 is 0 Å². The largest absolute Gasteiger partial charge is 0.398 e. The molecule has 0 spiro atoms. The van der Waals surface area contributed by atoms with E-state index in [1.165, 1.54) is 6.08 Å². The Hall–Kier alpha value is -2.36. The second-order valence-electron chi connectivity index (χ2n) is 6.52. The summed E-state index contributed by atoms with van der Waals surface area (Å²) < 4.78 is 10.2. The third-order valence-corrected chi connectivity index (χ3v) is 5.01. The van der Waals surface area contributed by atoms with Gasteiger partial charge >= 0.3 is 0 Å². The quantitative estimate of drug-likeness (QED) is 0.454. The van der Waals surface area contributed by atoms with Crippen molar-refractivity contribution in [2.24, 2.45) is 5.73 Å². The van der Waals surface area contributed by atoms with Gasteiger partial charge in [0, 0.05) is 49.0 Å². The van der Waals surface area contributed by atoms with Gasteiger partial charge in [0.25, 0.3) is 0 Å². The average Bonchev–Trinajstić information content (AvgIpc) is 2.79.